The van der Waals surface area contributed by atoms with Crippen molar-refractivity contribution in [2.75, 3.05) is 0 Å². The number of hydrogen-bond donors (Lipinski definition) is 2. The Labute approximate surface area is 115 Å². The van der Waals surface area contributed by atoms with Gasteiger partial charge in [-0.05, 0) is 31.0 Å². The predicted molar refractivity (Wildman–Crippen MR) is 74.8 cm³/mol. The average molecular weight is 314 g/mol. The number of nitrogens with two attached hydrogens (primary N) is 1. The lowest BCUT2D eigenvalue weighted by atomic mass is 10.2. The molecule has 1 aliphatic rings. The summed E-state index contributed by atoms with van der Waals surface area (Å²) in [6, 6.07) is 5.25. The van der Waals surface area contributed by atoms with Gasteiger partial charge in [-0.2, -0.15) is 0 Å². The second-order valence-corrected chi connectivity index (χ2v) is 5.48. The molecule has 18 heavy (non-hydrogen) atoms. The van der Waals surface area contributed by atoms with Gasteiger partial charge in [-0.25, -0.2) is 9.38 Å². The zero-order chi connectivity index (χ0) is 13.0. The summed E-state index contributed by atoms with van der Waals surface area (Å²) < 4.78 is 14.3. The molecule has 0 radical (unpaired) electrons. The highest BCUT2D eigenvalue weighted by Crippen LogP contribution is 2.18. The normalized spacial score (nSPS) is 17.1. The van der Waals surface area contributed by atoms with Crippen molar-refractivity contribution < 1.29 is 4.39 Å². The largest absolute Gasteiger partial charge is 0.370 e. The van der Waals surface area contributed by atoms with Crippen LogP contribution >= 0.6 is 15.9 Å². The summed E-state index contributed by atoms with van der Waals surface area (Å²) in [7, 11) is 0. The molecular formula is C13H17BrFN3. The maximum atomic E-state index is 13.5. The minimum absolute atomic E-state index is 0.254. The van der Waals surface area contributed by atoms with Crippen LogP contribution in [-0.2, 0) is 6.54 Å². The monoisotopic (exact) mass is 313 g/mol. The molecule has 2 rings (SSSR count). The van der Waals surface area contributed by atoms with Crippen molar-refractivity contribution in [3.8, 4) is 0 Å². The third-order valence-corrected chi connectivity index (χ3v) is 3.63. The molecule has 1 aliphatic carbocycles. The molecule has 0 aromatic heterocycles. The molecule has 1 aromatic carbocycles. The zero-order valence-corrected chi connectivity index (χ0v) is 11.7. The maximum absolute atomic E-state index is 13.5. The van der Waals surface area contributed by atoms with Crippen molar-refractivity contribution in [1.29, 1.82) is 0 Å². The summed E-state index contributed by atoms with van der Waals surface area (Å²) in [5.74, 6) is 0.150. The van der Waals surface area contributed by atoms with Crippen LogP contribution in [0.25, 0.3) is 0 Å². The Bertz CT molecular complexity index is 442. The average Bonchev–Trinajstić information content (AvgIpc) is 2.83. The van der Waals surface area contributed by atoms with E-state index in [4.69, 9.17) is 5.73 Å². The van der Waals surface area contributed by atoms with Gasteiger partial charge in [-0.1, -0.05) is 28.8 Å². The highest BCUT2D eigenvalue weighted by atomic mass is 79.9. The third kappa shape index (κ3) is 3.70. The quantitative estimate of drug-likeness (QED) is 0.666. The molecule has 0 bridgehead atoms. The first-order valence-electron chi connectivity index (χ1n) is 6.15. The second kappa shape index (κ2) is 6.18. The van der Waals surface area contributed by atoms with Crippen molar-refractivity contribution in [3.05, 3.63) is 34.1 Å². The molecule has 1 aromatic rings. The molecule has 0 spiro atoms. The van der Waals surface area contributed by atoms with Crippen LogP contribution in [0.4, 0.5) is 4.39 Å². The van der Waals surface area contributed by atoms with Crippen LogP contribution in [0.5, 0.6) is 0 Å². The number of benzene rings is 1. The van der Waals surface area contributed by atoms with E-state index in [2.05, 4.69) is 26.2 Å². The number of hydrogen-bond acceptors (Lipinski definition) is 1. The first-order chi connectivity index (χ1) is 8.65. The van der Waals surface area contributed by atoms with Crippen molar-refractivity contribution in [2.45, 2.75) is 38.3 Å². The van der Waals surface area contributed by atoms with Crippen molar-refractivity contribution in [3.63, 3.8) is 0 Å². The Kier molecular flexibility index (Phi) is 4.58. The molecule has 0 aliphatic heterocycles. The van der Waals surface area contributed by atoms with E-state index in [0.717, 1.165) is 17.3 Å². The lowest BCUT2D eigenvalue weighted by molar-refractivity contribution is 0.607. The SMILES string of the molecule is NC(=NCc1cc(Br)ccc1F)NC1CCCC1. The standard InChI is InChI=1S/C13H17BrFN3/c14-10-5-6-12(15)9(7-10)8-17-13(16)18-11-3-1-2-4-11/h5-7,11H,1-4,8H2,(H3,16,17,18). The Morgan fingerprint density at radius 1 is 1.44 bits per heavy atom. The van der Waals surface area contributed by atoms with E-state index in [0.29, 0.717) is 17.6 Å². The summed E-state index contributed by atoms with van der Waals surface area (Å²) in [5.41, 5.74) is 6.34. The van der Waals surface area contributed by atoms with Gasteiger partial charge >= 0.3 is 0 Å². The second-order valence-electron chi connectivity index (χ2n) is 4.56. The number of nitrogens with one attached hydrogen (secondary N) is 1. The minimum Gasteiger partial charge on any atom is -0.370 e. The van der Waals surface area contributed by atoms with Gasteiger partial charge in [0.05, 0.1) is 6.54 Å². The molecule has 3 N–H and O–H groups in total. The van der Waals surface area contributed by atoms with Crippen molar-refractivity contribution in [1.82, 2.24) is 5.32 Å². The molecule has 0 heterocycles. The molecule has 5 heteroatoms. The topological polar surface area (TPSA) is 50.4 Å². The lowest BCUT2D eigenvalue weighted by Crippen LogP contribution is -2.38. The molecule has 98 valence electrons. The zero-order valence-electron chi connectivity index (χ0n) is 10.1. The van der Waals surface area contributed by atoms with E-state index in [9.17, 15) is 4.39 Å². The summed E-state index contributed by atoms with van der Waals surface area (Å²) >= 11 is 3.31. The van der Waals surface area contributed by atoms with Crippen LogP contribution in [0.1, 0.15) is 31.2 Å². The number of aliphatic imine (C=N–C) groups is 1. The molecule has 0 saturated heterocycles. The Hall–Kier alpha value is -1.10. The fraction of sp³-hybridized carbons (Fsp3) is 0.462. The van der Waals surface area contributed by atoms with E-state index in [-0.39, 0.29) is 12.4 Å². The maximum Gasteiger partial charge on any atom is 0.189 e. The van der Waals surface area contributed by atoms with E-state index >= 15 is 0 Å². The van der Waals surface area contributed by atoms with Gasteiger partial charge < -0.3 is 11.1 Å². The number of guanidine groups is 1. The summed E-state index contributed by atoms with van der Waals surface area (Å²) in [6.45, 7) is 0.261. The van der Waals surface area contributed by atoms with E-state index in [1.54, 1.807) is 12.1 Å². The Morgan fingerprint density at radius 2 is 2.17 bits per heavy atom. The molecule has 3 nitrogen and oxygen atoms in total. The van der Waals surface area contributed by atoms with Crippen LogP contribution < -0.4 is 11.1 Å². The fourth-order valence-corrected chi connectivity index (χ4v) is 2.57. The molecule has 0 unspecified atom stereocenters. The fourth-order valence-electron chi connectivity index (χ4n) is 2.16. The van der Waals surface area contributed by atoms with Gasteiger partial charge in [-0.15, -0.1) is 0 Å². The number of nitrogens with zero attached hydrogens (tertiary/aromatic N) is 1. The van der Waals surface area contributed by atoms with Gasteiger partial charge in [0, 0.05) is 16.1 Å². The van der Waals surface area contributed by atoms with Gasteiger partial charge in [-0.3, -0.25) is 0 Å². The third-order valence-electron chi connectivity index (χ3n) is 3.13. The summed E-state index contributed by atoms with van der Waals surface area (Å²) in [4.78, 5) is 4.18. The predicted octanol–water partition coefficient (Wildman–Crippen LogP) is 2.94. The van der Waals surface area contributed by atoms with Crippen LogP contribution in [0, 0.1) is 5.82 Å². The van der Waals surface area contributed by atoms with Crippen LogP contribution in [-0.4, -0.2) is 12.0 Å². The Balaban J connectivity index is 1.94. The van der Waals surface area contributed by atoms with Crippen molar-refractivity contribution in [2.24, 2.45) is 10.7 Å². The van der Waals surface area contributed by atoms with E-state index < -0.39 is 0 Å². The van der Waals surface area contributed by atoms with Crippen LogP contribution in [0.2, 0.25) is 0 Å². The molecule has 0 amide bonds. The smallest absolute Gasteiger partial charge is 0.189 e. The van der Waals surface area contributed by atoms with Crippen molar-refractivity contribution >= 4 is 21.9 Å². The highest BCUT2D eigenvalue weighted by Gasteiger charge is 2.14. The first kappa shape index (κ1) is 13.3. The number of rotatable bonds is 3. The highest BCUT2D eigenvalue weighted by molar-refractivity contribution is 9.10. The van der Waals surface area contributed by atoms with Gasteiger partial charge in [0.1, 0.15) is 5.82 Å². The van der Waals surface area contributed by atoms with Crippen LogP contribution in [0.15, 0.2) is 27.7 Å². The summed E-state index contributed by atoms with van der Waals surface area (Å²) in [5, 5.41) is 3.18. The minimum atomic E-state index is -0.254. The Morgan fingerprint density at radius 3 is 2.89 bits per heavy atom. The van der Waals surface area contributed by atoms with Gasteiger partial charge in [0.2, 0.25) is 0 Å². The molecule has 1 saturated carbocycles. The molecule has 0 atom stereocenters. The van der Waals surface area contributed by atoms with Gasteiger partial charge in [0.15, 0.2) is 5.96 Å². The molecular weight excluding hydrogens is 297 g/mol. The van der Waals surface area contributed by atoms with E-state index in [1.807, 2.05) is 0 Å². The molecule has 1 fully saturated rings. The van der Waals surface area contributed by atoms with Crippen LogP contribution in [0.3, 0.4) is 0 Å². The first-order valence-corrected chi connectivity index (χ1v) is 6.95. The summed E-state index contributed by atoms with van der Waals surface area (Å²) in [6.07, 6.45) is 4.76. The van der Waals surface area contributed by atoms with E-state index in [1.165, 1.54) is 18.9 Å². The lowest BCUT2D eigenvalue weighted by Gasteiger charge is -2.12. The van der Waals surface area contributed by atoms with Gasteiger partial charge in [0.25, 0.3) is 0 Å². The number of halogens is 2.